The molecule has 37 heavy (non-hydrogen) atoms. The number of likely N-dealkylation sites (N-methyl/N-ethyl adjacent to an activating group) is 1. The minimum Gasteiger partial charge on any atom is -0.442 e. The zero-order chi connectivity index (χ0) is 28.6. The normalized spacial score (nSPS) is 18.1. The highest BCUT2D eigenvalue weighted by Gasteiger charge is 2.57. The fourth-order valence-corrected chi connectivity index (χ4v) is 3.65. The number of sulfonamides is 1. The third-order valence-electron chi connectivity index (χ3n) is 4.64. The average molecular weight is 541 g/mol. The van der Waals surface area contributed by atoms with Crippen LogP contribution in [0.4, 0.5) is 9.59 Å². The predicted octanol–water partition coefficient (Wildman–Crippen LogP) is 2.41. The molecule has 0 spiro atoms. The van der Waals surface area contributed by atoms with Crippen LogP contribution in [0.2, 0.25) is 0 Å². The fourth-order valence-electron chi connectivity index (χ4n) is 3.20. The number of nitrogens with one attached hydrogen (secondary N) is 1. The lowest BCUT2D eigenvalue weighted by Gasteiger charge is -2.36. The molecular formula is C23H32N4O9S. The first-order valence-corrected chi connectivity index (χ1v) is 13.0. The van der Waals surface area contributed by atoms with Crippen molar-refractivity contribution in [3.05, 3.63) is 35.4 Å². The highest BCUT2D eigenvalue weighted by molar-refractivity contribution is 7.89. The molecule has 0 aliphatic carbocycles. The Hall–Kier alpha value is -3.68. The molecule has 1 atom stereocenters. The fraction of sp³-hybridized carbons (Fsp3) is 0.522. The first-order valence-electron chi connectivity index (χ1n) is 11.1. The second kappa shape index (κ2) is 10.00. The number of carbonyl (C=O) groups excluding carboxylic acids is 4. The summed E-state index contributed by atoms with van der Waals surface area (Å²) in [5.74, 6) is -1.59. The van der Waals surface area contributed by atoms with Gasteiger partial charge in [-0.15, -0.1) is 5.06 Å². The van der Waals surface area contributed by atoms with Crippen LogP contribution in [0.25, 0.3) is 0 Å². The van der Waals surface area contributed by atoms with Crippen molar-refractivity contribution in [1.82, 2.24) is 14.8 Å². The van der Waals surface area contributed by atoms with Gasteiger partial charge >= 0.3 is 12.2 Å². The maximum atomic E-state index is 13.3. The summed E-state index contributed by atoms with van der Waals surface area (Å²) in [4.78, 5) is 56.5. The minimum atomic E-state index is -3.78. The first-order chi connectivity index (χ1) is 16.6. The smallest absolute Gasteiger partial charge is 0.442 e. The number of hydrazone groups is 1. The zero-order valence-corrected chi connectivity index (χ0v) is 23.1. The van der Waals surface area contributed by atoms with E-state index in [0.29, 0.717) is 5.06 Å². The number of hydroxylamine groups is 2. The summed E-state index contributed by atoms with van der Waals surface area (Å²) in [5.41, 5.74) is -3.69. The van der Waals surface area contributed by atoms with Crippen molar-refractivity contribution < 1.29 is 41.9 Å². The molecule has 1 aliphatic heterocycles. The van der Waals surface area contributed by atoms with Crippen LogP contribution in [0.15, 0.2) is 29.4 Å². The molecule has 1 N–H and O–H groups in total. The van der Waals surface area contributed by atoms with Crippen LogP contribution in [0, 0.1) is 0 Å². The van der Waals surface area contributed by atoms with E-state index in [2.05, 4.69) is 5.10 Å². The van der Waals surface area contributed by atoms with Gasteiger partial charge in [-0.1, -0.05) is 12.1 Å². The molecule has 1 aromatic carbocycles. The van der Waals surface area contributed by atoms with Gasteiger partial charge in [0.1, 0.15) is 16.9 Å². The monoisotopic (exact) mass is 540 g/mol. The summed E-state index contributed by atoms with van der Waals surface area (Å²) in [7, 11) is -2.43. The molecule has 0 saturated carbocycles. The molecule has 3 amide bonds. The Balaban J connectivity index is 2.54. The Kier molecular flexibility index (Phi) is 7.98. The molecule has 0 aromatic heterocycles. The van der Waals surface area contributed by atoms with E-state index in [0.717, 1.165) is 11.3 Å². The highest BCUT2D eigenvalue weighted by atomic mass is 32.2. The van der Waals surface area contributed by atoms with Gasteiger partial charge in [0.2, 0.25) is 15.6 Å². The molecule has 1 aliphatic rings. The number of nitrogens with zero attached hydrogens (tertiary/aromatic N) is 3. The molecule has 204 valence electrons. The second-order valence-electron chi connectivity index (χ2n) is 10.5. The summed E-state index contributed by atoms with van der Waals surface area (Å²) < 4.78 is 35.1. The Morgan fingerprint density at radius 1 is 1.00 bits per heavy atom. The van der Waals surface area contributed by atoms with Gasteiger partial charge < -0.3 is 9.47 Å². The molecule has 13 nitrogen and oxygen atoms in total. The number of rotatable bonds is 4. The largest absolute Gasteiger partial charge is 0.534 e. The number of amides is 3. The van der Waals surface area contributed by atoms with Crippen LogP contribution in [-0.2, 0) is 29.1 Å². The van der Waals surface area contributed by atoms with Gasteiger partial charge in [-0.2, -0.15) is 5.10 Å². The predicted molar refractivity (Wildman–Crippen MR) is 132 cm³/mol. The second-order valence-corrected chi connectivity index (χ2v) is 12.2. The SMILES string of the molecule is CN1N=C(c2ccc(C(=O)NS(C)(=O)=O)cc2)C(C)(N(OC(=O)OC(C)(C)C)C(=O)OC(C)(C)C)C1=O. The molecule has 0 fully saturated rings. The molecule has 1 unspecified atom stereocenters. The molecule has 1 aromatic rings. The summed E-state index contributed by atoms with van der Waals surface area (Å²) in [6.07, 6.45) is -1.56. The maximum absolute atomic E-state index is 13.3. The van der Waals surface area contributed by atoms with E-state index in [1.165, 1.54) is 38.2 Å². The summed E-state index contributed by atoms with van der Waals surface area (Å²) in [5, 5.41) is 5.67. The van der Waals surface area contributed by atoms with Crippen molar-refractivity contribution in [1.29, 1.82) is 0 Å². The molecule has 14 heteroatoms. The van der Waals surface area contributed by atoms with E-state index >= 15 is 0 Å². The summed E-state index contributed by atoms with van der Waals surface area (Å²) in [6, 6.07) is 5.44. The zero-order valence-electron chi connectivity index (χ0n) is 22.2. The molecule has 1 heterocycles. The van der Waals surface area contributed by atoms with Crippen LogP contribution in [0.3, 0.4) is 0 Å². The van der Waals surface area contributed by atoms with E-state index in [-0.39, 0.29) is 16.8 Å². The number of carbonyl (C=O) groups is 4. The van der Waals surface area contributed by atoms with E-state index in [9.17, 15) is 27.6 Å². The summed E-state index contributed by atoms with van der Waals surface area (Å²) >= 11 is 0. The van der Waals surface area contributed by atoms with E-state index in [1.807, 2.05) is 4.72 Å². The Morgan fingerprint density at radius 2 is 1.51 bits per heavy atom. The Bertz CT molecular complexity index is 1230. The van der Waals surface area contributed by atoms with Crippen LogP contribution in [0.1, 0.15) is 64.4 Å². The maximum Gasteiger partial charge on any atom is 0.534 e. The van der Waals surface area contributed by atoms with E-state index in [4.69, 9.17) is 14.3 Å². The lowest BCUT2D eigenvalue weighted by Crippen LogP contribution is -2.61. The van der Waals surface area contributed by atoms with Crippen LogP contribution < -0.4 is 4.72 Å². The average Bonchev–Trinajstić information content (AvgIpc) is 2.93. The minimum absolute atomic E-state index is 0.00973. The number of hydrogen-bond donors (Lipinski definition) is 1. The third kappa shape index (κ3) is 7.41. The standard InChI is InChI=1S/C23H32N4O9S/c1-21(2,3)34-19(30)27(36-20(31)35-22(4,5)6)23(7)16(24-26(8)18(23)29)14-10-12-15(13-11-14)17(28)25-37(9,32)33/h10-13H,1-9H3,(H,25,28). The lowest BCUT2D eigenvalue weighted by atomic mass is 9.89. The van der Waals surface area contributed by atoms with Gasteiger partial charge in [0, 0.05) is 18.2 Å². The number of benzene rings is 1. The van der Waals surface area contributed by atoms with E-state index in [1.54, 1.807) is 41.5 Å². The van der Waals surface area contributed by atoms with Crippen molar-refractivity contribution in [2.45, 2.75) is 65.2 Å². The van der Waals surface area contributed by atoms with Crippen LogP contribution in [-0.4, -0.2) is 78.3 Å². The van der Waals surface area contributed by atoms with Gasteiger partial charge in [0.05, 0.1) is 6.26 Å². The molecule has 0 saturated heterocycles. The molecule has 0 bridgehead atoms. The topological polar surface area (TPSA) is 161 Å². The van der Waals surface area contributed by atoms with Crippen molar-refractivity contribution in [2.24, 2.45) is 5.10 Å². The highest BCUT2D eigenvalue weighted by Crippen LogP contribution is 2.32. The number of hydrogen-bond acceptors (Lipinski definition) is 10. The van der Waals surface area contributed by atoms with Gasteiger partial charge in [-0.05, 0) is 60.6 Å². The van der Waals surface area contributed by atoms with Gasteiger partial charge in [0.25, 0.3) is 11.8 Å². The van der Waals surface area contributed by atoms with Crippen molar-refractivity contribution >= 4 is 39.8 Å². The first kappa shape index (κ1) is 29.5. The van der Waals surface area contributed by atoms with Crippen molar-refractivity contribution in [3.8, 4) is 0 Å². The van der Waals surface area contributed by atoms with Crippen LogP contribution in [0.5, 0.6) is 0 Å². The van der Waals surface area contributed by atoms with Gasteiger partial charge in [0.15, 0.2) is 0 Å². The molecular weight excluding hydrogens is 508 g/mol. The third-order valence-corrected chi connectivity index (χ3v) is 5.20. The van der Waals surface area contributed by atoms with Crippen LogP contribution >= 0.6 is 0 Å². The van der Waals surface area contributed by atoms with Crippen molar-refractivity contribution in [3.63, 3.8) is 0 Å². The Morgan fingerprint density at radius 3 is 1.97 bits per heavy atom. The van der Waals surface area contributed by atoms with Gasteiger partial charge in [-0.3, -0.25) is 14.4 Å². The molecule has 2 rings (SSSR count). The van der Waals surface area contributed by atoms with Crippen molar-refractivity contribution in [2.75, 3.05) is 13.3 Å². The Labute approximate surface area is 215 Å². The quantitative estimate of drug-likeness (QED) is 0.446. The molecule has 0 radical (unpaired) electrons. The van der Waals surface area contributed by atoms with E-state index < -0.39 is 50.8 Å². The van der Waals surface area contributed by atoms with Gasteiger partial charge in [-0.25, -0.2) is 27.7 Å². The number of ether oxygens (including phenoxy) is 2. The lowest BCUT2D eigenvalue weighted by molar-refractivity contribution is -0.176. The summed E-state index contributed by atoms with van der Waals surface area (Å²) in [6.45, 7) is 10.9.